The fourth-order valence-electron chi connectivity index (χ4n) is 2.56. The Morgan fingerprint density at radius 1 is 1.00 bits per heavy atom. The summed E-state index contributed by atoms with van der Waals surface area (Å²) < 4.78 is 5.65. The molecule has 6 nitrogen and oxygen atoms in total. The molecule has 2 aromatic carbocycles. The van der Waals surface area contributed by atoms with Crippen LogP contribution in [0.5, 0.6) is 5.75 Å². The Labute approximate surface area is 154 Å². The Kier molecular flexibility index (Phi) is 5.59. The van der Waals surface area contributed by atoms with E-state index in [4.69, 9.17) is 10.00 Å². The van der Waals surface area contributed by atoms with Gasteiger partial charge in [0.1, 0.15) is 18.0 Å². The highest BCUT2D eigenvalue weighted by atomic mass is 32.2. The summed E-state index contributed by atoms with van der Waals surface area (Å²) in [5.74, 6) is 0.534. The number of aliphatic hydroxyl groups is 3. The second-order valence-corrected chi connectivity index (χ2v) is 7.04. The molecule has 7 heteroatoms. The monoisotopic (exact) mass is 371 g/mol. The molecule has 1 aliphatic rings. The molecule has 1 fully saturated rings. The average Bonchev–Trinajstić information content (AvgIpc) is 2.68. The molecule has 0 bridgehead atoms. The standard InChI is InChI=1S/C19H17NO5S/c20-9-11-1-3-12(4-2-11)16(22)13-5-7-14(8-6-13)25-19-18(24)17(23)15(21)10-26-19/h1-8,15,17-19,21,23-24H,10H2/t15-,17+,18-,19+/m1/s1. The van der Waals surface area contributed by atoms with Crippen LogP contribution < -0.4 is 4.74 Å². The van der Waals surface area contributed by atoms with E-state index in [1.807, 2.05) is 6.07 Å². The van der Waals surface area contributed by atoms with Crippen molar-refractivity contribution in [3.05, 3.63) is 65.2 Å². The van der Waals surface area contributed by atoms with Crippen LogP contribution in [-0.4, -0.2) is 50.6 Å². The molecule has 1 aliphatic heterocycles. The summed E-state index contributed by atoms with van der Waals surface area (Å²) in [7, 11) is 0. The predicted octanol–water partition coefficient (Wildman–Crippen LogP) is 1.32. The van der Waals surface area contributed by atoms with Crippen LogP contribution in [0.4, 0.5) is 0 Å². The van der Waals surface area contributed by atoms with Gasteiger partial charge in [-0.15, -0.1) is 11.8 Å². The van der Waals surface area contributed by atoms with E-state index in [2.05, 4.69) is 0 Å². The number of nitrogens with zero attached hydrogens (tertiary/aromatic N) is 1. The molecule has 1 heterocycles. The van der Waals surface area contributed by atoms with Gasteiger partial charge in [0.25, 0.3) is 0 Å². The molecule has 0 saturated carbocycles. The number of carbonyl (C=O) groups is 1. The zero-order valence-electron chi connectivity index (χ0n) is 13.6. The Hall–Kier alpha value is -2.37. The lowest BCUT2D eigenvalue weighted by molar-refractivity contribution is -0.0786. The normalized spacial score (nSPS) is 25.3. The van der Waals surface area contributed by atoms with Gasteiger partial charge in [-0.2, -0.15) is 5.26 Å². The molecule has 1 saturated heterocycles. The fourth-order valence-corrected chi connectivity index (χ4v) is 3.69. The zero-order valence-corrected chi connectivity index (χ0v) is 14.5. The zero-order chi connectivity index (χ0) is 18.7. The highest BCUT2D eigenvalue weighted by Crippen LogP contribution is 2.29. The first-order valence-corrected chi connectivity index (χ1v) is 9.02. The van der Waals surface area contributed by atoms with E-state index in [9.17, 15) is 20.1 Å². The lowest BCUT2D eigenvalue weighted by Gasteiger charge is -2.34. The summed E-state index contributed by atoms with van der Waals surface area (Å²) in [5, 5.41) is 38.0. The minimum atomic E-state index is -1.25. The average molecular weight is 371 g/mol. The van der Waals surface area contributed by atoms with Crippen molar-refractivity contribution in [3.63, 3.8) is 0 Å². The largest absolute Gasteiger partial charge is 0.477 e. The van der Waals surface area contributed by atoms with Gasteiger partial charge in [-0.3, -0.25) is 4.79 Å². The van der Waals surface area contributed by atoms with E-state index in [1.165, 1.54) is 11.8 Å². The molecule has 26 heavy (non-hydrogen) atoms. The number of rotatable bonds is 4. The number of hydrogen-bond acceptors (Lipinski definition) is 7. The fraction of sp³-hybridized carbons (Fsp3) is 0.263. The van der Waals surface area contributed by atoms with Gasteiger partial charge in [0.15, 0.2) is 11.2 Å². The summed E-state index contributed by atoms with van der Waals surface area (Å²) in [6.45, 7) is 0. The Bertz CT molecular complexity index is 815. The third-order valence-electron chi connectivity index (χ3n) is 4.10. The van der Waals surface area contributed by atoms with Gasteiger partial charge in [0.05, 0.1) is 17.7 Å². The maximum atomic E-state index is 12.4. The summed E-state index contributed by atoms with van der Waals surface area (Å²) in [4.78, 5) is 12.4. The molecule has 0 spiro atoms. The van der Waals surface area contributed by atoms with Gasteiger partial charge in [-0.25, -0.2) is 0 Å². The Morgan fingerprint density at radius 3 is 2.15 bits per heavy atom. The third-order valence-corrected chi connectivity index (χ3v) is 5.34. The third kappa shape index (κ3) is 3.89. The maximum Gasteiger partial charge on any atom is 0.193 e. The van der Waals surface area contributed by atoms with E-state index in [-0.39, 0.29) is 11.5 Å². The molecule has 0 radical (unpaired) electrons. The minimum Gasteiger partial charge on any atom is -0.477 e. The topological polar surface area (TPSA) is 111 Å². The van der Waals surface area contributed by atoms with Crippen LogP contribution in [0.2, 0.25) is 0 Å². The number of benzene rings is 2. The van der Waals surface area contributed by atoms with E-state index in [0.29, 0.717) is 22.4 Å². The van der Waals surface area contributed by atoms with Gasteiger partial charge < -0.3 is 20.1 Å². The van der Waals surface area contributed by atoms with Crippen molar-refractivity contribution in [2.24, 2.45) is 0 Å². The first-order valence-electron chi connectivity index (χ1n) is 7.97. The quantitative estimate of drug-likeness (QED) is 0.695. The van der Waals surface area contributed by atoms with Gasteiger partial charge in [-0.05, 0) is 48.5 Å². The number of thioether (sulfide) groups is 1. The Balaban J connectivity index is 1.68. The van der Waals surface area contributed by atoms with Crippen LogP contribution in [-0.2, 0) is 0 Å². The second kappa shape index (κ2) is 7.89. The SMILES string of the molecule is N#Cc1ccc(C(=O)c2ccc(O[C@H]3SC[C@@H](O)[C@H](O)[C@H]3O)cc2)cc1. The molecule has 0 aliphatic carbocycles. The van der Waals surface area contributed by atoms with Crippen molar-refractivity contribution in [1.29, 1.82) is 5.26 Å². The molecule has 3 rings (SSSR count). The smallest absolute Gasteiger partial charge is 0.193 e. The number of nitriles is 1. The molecule has 4 atom stereocenters. The van der Waals surface area contributed by atoms with Crippen LogP contribution >= 0.6 is 11.8 Å². The number of carbonyl (C=O) groups excluding carboxylic acids is 1. The van der Waals surface area contributed by atoms with Crippen LogP contribution in [0.15, 0.2) is 48.5 Å². The number of aliphatic hydroxyl groups excluding tert-OH is 3. The van der Waals surface area contributed by atoms with Crippen LogP contribution in [0.3, 0.4) is 0 Å². The van der Waals surface area contributed by atoms with Gasteiger partial charge >= 0.3 is 0 Å². The van der Waals surface area contributed by atoms with Gasteiger partial charge in [0, 0.05) is 16.9 Å². The number of ether oxygens (including phenoxy) is 1. The molecule has 0 amide bonds. The van der Waals surface area contributed by atoms with Crippen molar-refractivity contribution in [1.82, 2.24) is 0 Å². The van der Waals surface area contributed by atoms with Crippen LogP contribution in [0.1, 0.15) is 21.5 Å². The first kappa shape index (κ1) is 18.4. The molecular weight excluding hydrogens is 354 g/mol. The summed E-state index contributed by atoms with van der Waals surface area (Å²) in [5.41, 5.74) is 0.733. The molecule has 0 aromatic heterocycles. The molecule has 2 aromatic rings. The molecule has 0 unspecified atom stereocenters. The van der Waals surface area contributed by atoms with Gasteiger partial charge in [0.2, 0.25) is 0 Å². The van der Waals surface area contributed by atoms with E-state index in [0.717, 1.165) is 0 Å². The highest BCUT2D eigenvalue weighted by Gasteiger charge is 2.38. The lowest BCUT2D eigenvalue weighted by Crippen LogP contribution is -2.50. The second-order valence-electron chi connectivity index (χ2n) is 5.91. The molecular formula is C19H17NO5S. The lowest BCUT2D eigenvalue weighted by atomic mass is 10.0. The van der Waals surface area contributed by atoms with E-state index < -0.39 is 23.7 Å². The van der Waals surface area contributed by atoms with Gasteiger partial charge in [-0.1, -0.05) is 0 Å². The van der Waals surface area contributed by atoms with Crippen molar-refractivity contribution in [2.75, 3.05) is 5.75 Å². The van der Waals surface area contributed by atoms with E-state index >= 15 is 0 Å². The van der Waals surface area contributed by atoms with Crippen LogP contribution in [0, 0.1) is 11.3 Å². The summed E-state index contributed by atoms with van der Waals surface area (Å²) >= 11 is 1.21. The van der Waals surface area contributed by atoms with Crippen molar-refractivity contribution in [2.45, 2.75) is 23.7 Å². The number of ketones is 1. The van der Waals surface area contributed by atoms with Crippen molar-refractivity contribution in [3.8, 4) is 11.8 Å². The van der Waals surface area contributed by atoms with Crippen LogP contribution in [0.25, 0.3) is 0 Å². The van der Waals surface area contributed by atoms with E-state index in [1.54, 1.807) is 48.5 Å². The minimum absolute atomic E-state index is 0.174. The maximum absolute atomic E-state index is 12.4. The molecule has 134 valence electrons. The first-order chi connectivity index (χ1) is 12.5. The number of hydrogen-bond donors (Lipinski definition) is 3. The predicted molar refractivity (Wildman–Crippen MR) is 95.9 cm³/mol. The molecule has 3 N–H and O–H groups in total. The van der Waals surface area contributed by atoms with Crippen molar-refractivity contribution < 1.29 is 24.9 Å². The Morgan fingerprint density at radius 2 is 1.58 bits per heavy atom. The summed E-state index contributed by atoms with van der Waals surface area (Å²) in [6.07, 6.45) is -3.44. The van der Waals surface area contributed by atoms with Crippen molar-refractivity contribution >= 4 is 17.5 Å². The highest BCUT2D eigenvalue weighted by molar-refractivity contribution is 7.99. The summed E-state index contributed by atoms with van der Waals surface area (Å²) in [6, 6.07) is 14.8.